The van der Waals surface area contributed by atoms with Crippen molar-refractivity contribution in [2.75, 3.05) is 55.6 Å². The van der Waals surface area contributed by atoms with Crippen LogP contribution in [-0.4, -0.2) is 66.6 Å². The Bertz CT molecular complexity index is 886. The van der Waals surface area contributed by atoms with Crippen molar-refractivity contribution < 1.29 is 28.5 Å². The number of ether oxygens (including phenoxy) is 5. The number of methoxy groups -OCH3 is 4. The predicted octanol–water partition coefficient (Wildman–Crippen LogP) is 3.54. The molecule has 0 radical (unpaired) electrons. The first-order valence-electron chi connectivity index (χ1n) is 9.68. The van der Waals surface area contributed by atoms with Gasteiger partial charge in [-0.15, -0.1) is 0 Å². The third-order valence-electron chi connectivity index (χ3n) is 4.37. The van der Waals surface area contributed by atoms with Gasteiger partial charge in [0.1, 0.15) is 0 Å². The van der Waals surface area contributed by atoms with Crippen LogP contribution in [0.3, 0.4) is 0 Å². The van der Waals surface area contributed by atoms with E-state index in [1.165, 1.54) is 7.11 Å². The third-order valence-corrected chi connectivity index (χ3v) is 4.37. The number of rotatable bonds is 10. The van der Waals surface area contributed by atoms with Crippen molar-refractivity contribution in [3.8, 4) is 28.7 Å². The van der Waals surface area contributed by atoms with Crippen molar-refractivity contribution in [3.05, 3.63) is 41.5 Å². The molecule has 0 saturated carbocycles. The molecule has 1 N–H and O–H groups in total. The van der Waals surface area contributed by atoms with Gasteiger partial charge in [0.05, 0.1) is 28.4 Å². The van der Waals surface area contributed by atoms with Gasteiger partial charge in [-0.2, -0.15) is 0 Å². The molecule has 0 aromatic heterocycles. The first-order chi connectivity index (χ1) is 14.9. The Labute approximate surface area is 183 Å². The lowest BCUT2D eigenvalue weighted by atomic mass is 10.1. The normalized spacial score (nSPS) is 10.8. The monoisotopic (exact) mass is 430 g/mol. The van der Waals surface area contributed by atoms with Crippen molar-refractivity contribution in [2.24, 2.45) is 0 Å². The molecule has 1 amide bonds. The Morgan fingerprint density at radius 1 is 0.839 bits per heavy atom. The van der Waals surface area contributed by atoms with E-state index in [0.717, 1.165) is 11.1 Å². The van der Waals surface area contributed by atoms with Gasteiger partial charge >= 0.3 is 6.09 Å². The van der Waals surface area contributed by atoms with E-state index in [1.54, 1.807) is 33.5 Å². The highest BCUT2D eigenvalue weighted by molar-refractivity contribution is 5.75. The highest BCUT2D eigenvalue weighted by Gasteiger charge is 2.13. The lowest BCUT2D eigenvalue weighted by Crippen LogP contribution is -2.33. The van der Waals surface area contributed by atoms with Crippen LogP contribution in [0.1, 0.15) is 11.1 Å². The van der Waals surface area contributed by atoms with Crippen LogP contribution in [-0.2, 0) is 0 Å². The van der Waals surface area contributed by atoms with E-state index < -0.39 is 6.09 Å². The number of hydrogen-bond acceptors (Lipinski definition) is 7. The van der Waals surface area contributed by atoms with Gasteiger partial charge in [0.15, 0.2) is 23.0 Å². The molecule has 0 aliphatic heterocycles. The molecule has 0 spiro atoms. The van der Waals surface area contributed by atoms with Gasteiger partial charge in [0, 0.05) is 13.1 Å². The van der Waals surface area contributed by atoms with Gasteiger partial charge in [-0.05, 0) is 49.5 Å². The van der Waals surface area contributed by atoms with Crippen LogP contribution in [0.5, 0.6) is 28.7 Å². The summed E-state index contributed by atoms with van der Waals surface area (Å²) < 4.78 is 26.9. The summed E-state index contributed by atoms with van der Waals surface area (Å²) in [4.78, 5) is 14.1. The van der Waals surface area contributed by atoms with Gasteiger partial charge in [0.25, 0.3) is 0 Å². The zero-order chi connectivity index (χ0) is 22.8. The number of hydrogen-bond donors (Lipinski definition) is 1. The molecular weight excluding hydrogens is 400 g/mol. The highest BCUT2D eigenvalue weighted by atomic mass is 16.6. The number of nitrogens with one attached hydrogen (secondary N) is 1. The highest BCUT2D eigenvalue weighted by Crippen LogP contribution is 2.38. The van der Waals surface area contributed by atoms with E-state index in [1.807, 2.05) is 49.3 Å². The fourth-order valence-corrected chi connectivity index (χ4v) is 2.78. The molecule has 0 heterocycles. The van der Waals surface area contributed by atoms with Crippen molar-refractivity contribution >= 4 is 18.2 Å². The fourth-order valence-electron chi connectivity index (χ4n) is 2.78. The summed E-state index contributed by atoms with van der Waals surface area (Å²) in [5, 5.41) is 2.71. The van der Waals surface area contributed by atoms with Crippen molar-refractivity contribution in [3.63, 3.8) is 0 Å². The number of carbonyl (C=O) groups is 1. The quantitative estimate of drug-likeness (QED) is 0.578. The maximum atomic E-state index is 12.1. The van der Waals surface area contributed by atoms with E-state index in [0.29, 0.717) is 41.8 Å². The third kappa shape index (κ3) is 6.82. The van der Waals surface area contributed by atoms with Crippen LogP contribution in [0.4, 0.5) is 4.79 Å². The number of amides is 1. The number of nitrogens with zero attached hydrogens (tertiary/aromatic N) is 1. The predicted molar refractivity (Wildman–Crippen MR) is 121 cm³/mol. The lowest BCUT2D eigenvalue weighted by molar-refractivity contribution is 0.197. The average molecular weight is 431 g/mol. The van der Waals surface area contributed by atoms with Gasteiger partial charge < -0.3 is 33.9 Å². The van der Waals surface area contributed by atoms with Crippen LogP contribution in [0.15, 0.2) is 30.3 Å². The largest absolute Gasteiger partial charge is 0.493 e. The second kappa shape index (κ2) is 11.7. The molecule has 2 rings (SSSR count). The molecule has 0 saturated heterocycles. The molecule has 168 valence electrons. The molecule has 0 aliphatic carbocycles. The summed E-state index contributed by atoms with van der Waals surface area (Å²) in [6.07, 6.45) is 3.25. The number of likely N-dealkylation sites (N-methyl/N-ethyl adjacent to an activating group) is 1. The Kier molecular flexibility index (Phi) is 9.02. The van der Waals surface area contributed by atoms with Gasteiger partial charge in [0.2, 0.25) is 5.75 Å². The zero-order valence-corrected chi connectivity index (χ0v) is 18.9. The lowest BCUT2D eigenvalue weighted by Gasteiger charge is -2.13. The molecule has 2 aromatic rings. The van der Waals surface area contributed by atoms with Crippen molar-refractivity contribution in [2.45, 2.75) is 0 Å². The molecule has 0 atom stereocenters. The van der Waals surface area contributed by atoms with Crippen LogP contribution < -0.4 is 29.0 Å². The zero-order valence-electron chi connectivity index (χ0n) is 18.9. The van der Waals surface area contributed by atoms with Crippen LogP contribution in [0.2, 0.25) is 0 Å². The minimum atomic E-state index is -0.536. The minimum absolute atomic E-state index is 0.330. The Hall–Kier alpha value is -3.39. The van der Waals surface area contributed by atoms with Gasteiger partial charge in [-0.1, -0.05) is 18.2 Å². The van der Waals surface area contributed by atoms with E-state index in [9.17, 15) is 4.79 Å². The minimum Gasteiger partial charge on any atom is -0.493 e. The second-order valence-corrected chi connectivity index (χ2v) is 6.82. The maximum Gasteiger partial charge on any atom is 0.412 e. The summed E-state index contributed by atoms with van der Waals surface area (Å²) in [5.41, 5.74) is 1.68. The standard InChI is InChI=1S/C23H30N2O6/c1-25(2)12-11-24-23(26)31-19-13-16(9-10-18(19)27-3)7-8-17-14-20(28-4)22(30-6)21(15-17)29-5/h7-10,13-15H,11-12H2,1-6H3,(H,24,26). The van der Waals surface area contributed by atoms with E-state index >= 15 is 0 Å². The summed E-state index contributed by atoms with van der Waals surface area (Å²) in [6.45, 7) is 1.19. The first-order valence-corrected chi connectivity index (χ1v) is 9.68. The Morgan fingerprint density at radius 3 is 1.97 bits per heavy atom. The van der Waals surface area contributed by atoms with Crippen LogP contribution in [0, 0.1) is 0 Å². The molecular formula is C23H30N2O6. The van der Waals surface area contributed by atoms with Gasteiger partial charge in [-0.25, -0.2) is 4.79 Å². The molecule has 8 nitrogen and oxygen atoms in total. The fraction of sp³-hybridized carbons (Fsp3) is 0.348. The molecule has 0 bridgehead atoms. The van der Waals surface area contributed by atoms with Crippen molar-refractivity contribution in [1.82, 2.24) is 10.2 Å². The maximum absolute atomic E-state index is 12.1. The van der Waals surface area contributed by atoms with E-state index in [4.69, 9.17) is 23.7 Å². The Balaban J connectivity index is 2.21. The van der Waals surface area contributed by atoms with Crippen molar-refractivity contribution in [1.29, 1.82) is 0 Å². The van der Waals surface area contributed by atoms with E-state index in [-0.39, 0.29) is 0 Å². The molecule has 8 heteroatoms. The molecule has 0 aliphatic rings. The average Bonchev–Trinajstić information content (AvgIpc) is 2.76. The molecule has 0 fully saturated rings. The first kappa shape index (κ1) is 23.9. The Morgan fingerprint density at radius 2 is 1.42 bits per heavy atom. The second-order valence-electron chi connectivity index (χ2n) is 6.82. The molecule has 31 heavy (non-hydrogen) atoms. The topological polar surface area (TPSA) is 78.5 Å². The number of benzene rings is 2. The molecule has 0 unspecified atom stereocenters. The van der Waals surface area contributed by atoms with Crippen LogP contribution in [0.25, 0.3) is 12.2 Å². The van der Waals surface area contributed by atoms with E-state index in [2.05, 4.69) is 5.32 Å². The summed E-state index contributed by atoms with van der Waals surface area (Å²) in [6, 6.07) is 9.04. The molecule has 2 aromatic carbocycles. The van der Waals surface area contributed by atoms with Crippen LogP contribution >= 0.6 is 0 Å². The summed E-state index contributed by atoms with van der Waals surface area (Å²) in [5.74, 6) is 2.46. The SMILES string of the molecule is COc1ccc(C=Cc2cc(OC)c(OC)c(OC)c2)cc1OC(=O)NCCN(C)C. The number of carbonyl (C=O) groups excluding carboxylic acids is 1. The summed E-state index contributed by atoms with van der Waals surface area (Å²) in [7, 11) is 10.1. The smallest absolute Gasteiger partial charge is 0.412 e. The van der Waals surface area contributed by atoms with Gasteiger partial charge in [-0.3, -0.25) is 0 Å². The summed E-state index contributed by atoms with van der Waals surface area (Å²) >= 11 is 0.